The molecule has 0 bridgehead atoms. The minimum Gasteiger partial charge on any atom is -0.477 e. The number of quaternary nitrogens is 1. The molecule has 0 aromatic rings. The van der Waals surface area contributed by atoms with Crippen LogP contribution in [0.3, 0.4) is 0 Å². The molecule has 0 aliphatic rings. The number of ether oxygens (including phenoxy) is 4. The number of unbranched alkanes of at least 4 members (excludes halogenated alkanes) is 45. The highest BCUT2D eigenvalue weighted by atomic mass is 16.7. The molecule has 0 radical (unpaired) electrons. The summed E-state index contributed by atoms with van der Waals surface area (Å²) in [7, 11) is 5.98. The van der Waals surface area contributed by atoms with Gasteiger partial charge >= 0.3 is 17.9 Å². The van der Waals surface area contributed by atoms with Gasteiger partial charge in [0.25, 0.3) is 6.29 Å². The van der Waals surface area contributed by atoms with Crippen LogP contribution < -0.4 is 0 Å². The number of esters is 2. The van der Waals surface area contributed by atoms with E-state index in [1.54, 1.807) is 0 Å². The predicted octanol–water partition coefficient (Wildman–Crippen LogP) is 20.6. The topological polar surface area (TPSA) is 108 Å². The fraction of sp³-hybridized carbons (Fsp3) is 0.899. The molecule has 2 atom stereocenters. The number of carboxylic acid groups (broad SMARTS) is 1. The van der Waals surface area contributed by atoms with Gasteiger partial charge in [-0.1, -0.05) is 308 Å². The summed E-state index contributed by atoms with van der Waals surface area (Å²) >= 11 is 0. The third-order valence-corrected chi connectivity index (χ3v) is 15.5. The Kier molecular flexibility index (Phi) is 59.1. The number of carbonyl (C=O) groups is 3. The Balaban J connectivity index is 4.00. The third-order valence-electron chi connectivity index (χ3n) is 15.5. The molecule has 0 aromatic carbocycles. The highest BCUT2D eigenvalue weighted by molar-refractivity contribution is 5.71. The minimum atomic E-state index is -1.51. The summed E-state index contributed by atoms with van der Waals surface area (Å²) in [4.78, 5) is 37.5. The normalized spacial score (nSPS) is 12.8. The molecule has 0 spiro atoms. The Labute approximate surface area is 484 Å². The standard InChI is InChI=1S/C69H131NO8/c1-6-8-10-12-14-16-18-20-22-24-26-27-28-29-30-31-32-33-34-35-36-37-38-39-40-42-43-45-47-49-51-53-55-57-59-66(71)76-63-65(64-77-69(68(73)74)75-62-61-70(3,4)5)78-67(72)60-58-56-54-52-50-48-46-44-41-25-23-21-19-17-15-13-11-9-7-2/h15,17,21,23,65,69H,6-14,16,18-20,22,24-64H2,1-5H3/p+1/b17-15-,23-21-. The average molecular weight is 1100 g/mol. The monoisotopic (exact) mass is 1100 g/mol. The van der Waals surface area contributed by atoms with Gasteiger partial charge in [-0.25, -0.2) is 4.79 Å². The molecule has 0 aromatic heterocycles. The van der Waals surface area contributed by atoms with Crippen molar-refractivity contribution >= 4 is 17.9 Å². The second kappa shape index (κ2) is 60.9. The zero-order chi connectivity index (χ0) is 56.9. The van der Waals surface area contributed by atoms with Crippen molar-refractivity contribution in [2.45, 2.75) is 354 Å². The Morgan fingerprint density at radius 2 is 0.692 bits per heavy atom. The number of hydrogen-bond donors (Lipinski definition) is 1. The number of allylic oxidation sites excluding steroid dienone is 4. The molecule has 0 fully saturated rings. The Bertz CT molecular complexity index is 1330. The first-order valence-corrected chi connectivity index (χ1v) is 34.0. The van der Waals surface area contributed by atoms with Crippen LogP contribution in [0.15, 0.2) is 24.3 Å². The second-order valence-electron chi connectivity index (χ2n) is 24.5. The molecule has 460 valence electrons. The number of nitrogens with zero attached hydrogens (tertiary/aromatic N) is 1. The van der Waals surface area contributed by atoms with Crippen molar-refractivity contribution in [3.63, 3.8) is 0 Å². The zero-order valence-corrected chi connectivity index (χ0v) is 52.6. The van der Waals surface area contributed by atoms with Gasteiger partial charge in [-0.2, -0.15) is 0 Å². The largest absolute Gasteiger partial charge is 0.477 e. The van der Waals surface area contributed by atoms with Crippen LogP contribution in [0.25, 0.3) is 0 Å². The maximum Gasteiger partial charge on any atom is 0.361 e. The van der Waals surface area contributed by atoms with Crippen LogP contribution in [-0.4, -0.2) is 87.4 Å². The summed E-state index contributed by atoms with van der Waals surface area (Å²) in [5.74, 6) is -1.99. The summed E-state index contributed by atoms with van der Waals surface area (Å²) in [5.41, 5.74) is 0. The molecule has 0 saturated carbocycles. The SMILES string of the molecule is CCCCC/C=C\C/C=C\CCCCCCCCCCCC(=O)OC(COC(=O)CCCCCCCCCCCCCCCCCCCCCCCCCCCCCCCCCCCC)COC(OCC[N+](C)(C)C)C(=O)O. The molecule has 9 heteroatoms. The quantitative estimate of drug-likeness (QED) is 0.0211. The van der Waals surface area contributed by atoms with Crippen molar-refractivity contribution in [2.24, 2.45) is 0 Å². The number of likely N-dealkylation sites (N-methyl/N-ethyl adjacent to an activating group) is 1. The van der Waals surface area contributed by atoms with Crippen LogP contribution in [0.1, 0.15) is 341 Å². The second-order valence-corrected chi connectivity index (χ2v) is 24.5. The van der Waals surface area contributed by atoms with Gasteiger partial charge in [0.05, 0.1) is 34.4 Å². The van der Waals surface area contributed by atoms with Crippen LogP contribution in [0, 0.1) is 0 Å². The molecule has 0 saturated heterocycles. The van der Waals surface area contributed by atoms with Crippen molar-refractivity contribution < 1.29 is 42.9 Å². The molecule has 9 nitrogen and oxygen atoms in total. The van der Waals surface area contributed by atoms with E-state index < -0.39 is 24.3 Å². The molecule has 0 aliphatic carbocycles. The van der Waals surface area contributed by atoms with E-state index in [9.17, 15) is 19.5 Å². The molecule has 0 aliphatic heterocycles. The summed E-state index contributed by atoms with van der Waals surface area (Å²) in [6.07, 6.45) is 71.6. The molecular weight excluding hydrogens is 971 g/mol. The van der Waals surface area contributed by atoms with Gasteiger partial charge in [0, 0.05) is 12.8 Å². The van der Waals surface area contributed by atoms with Gasteiger partial charge in [0.15, 0.2) is 6.10 Å². The third kappa shape index (κ3) is 61.4. The maximum atomic E-state index is 12.9. The van der Waals surface area contributed by atoms with Gasteiger partial charge in [-0.15, -0.1) is 0 Å². The molecule has 2 unspecified atom stereocenters. The van der Waals surface area contributed by atoms with Crippen LogP contribution in [0.5, 0.6) is 0 Å². The zero-order valence-electron chi connectivity index (χ0n) is 52.6. The Morgan fingerprint density at radius 1 is 0.385 bits per heavy atom. The summed E-state index contributed by atoms with van der Waals surface area (Å²) in [6.45, 7) is 4.91. The fourth-order valence-electron chi connectivity index (χ4n) is 10.2. The average Bonchev–Trinajstić information content (AvgIpc) is 3.41. The van der Waals surface area contributed by atoms with Gasteiger partial charge in [0.2, 0.25) is 0 Å². The van der Waals surface area contributed by atoms with E-state index in [4.69, 9.17) is 18.9 Å². The lowest BCUT2D eigenvalue weighted by molar-refractivity contribution is -0.870. The number of aliphatic carboxylic acids is 1. The van der Waals surface area contributed by atoms with Crippen molar-refractivity contribution in [3.8, 4) is 0 Å². The number of carbonyl (C=O) groups excluding carboxylic acids is 2. The van der Waals surface area contributed by atoms with E-state index in [-0.39, 0.29) is 32.2 Å². The molecule has 0 amide bonds. The van der Waals surface area contributed by atoms with Crippen LogP contribution >= 0.6 is 0 Å². The maximum absolute atomic E-state index is 12.9. The summed E-state index contributed by atoms with van der Waals surface area (Å²) in [6, 6.07) is 0. The first-order chi connectivity index (χ1) is 38.1. The van der Waals surface area contributed by atoms with E-state index in [0.29, 0.717) is 17.4 Å². The molecule has 1 N–H and O–H groups in total. The van der Waals surface area contributed by atoms with Crippen LogP contribution in [0.4, 0.5) is 0 Å². The fourth-order valence-corrected chi connectivity index (χ4v) is 10.2. The van der Waals surface area contributed by atoms with Crippen molar-refractivity contribution in [3.05, 3.63) is 24.3 Å². The van der Waals surface area contributed by atoms with Crippen LogP contribution in [-0.2, 0) is 33.3 Å². The summed E-state index contributed by atoms with van der Waals surface area (Å²) < 4.78 is 23.0. The highest BCUT2D eigenvalue weighted by Gasteiger charge is 2.25. The molecular formula is C69H132NO8+. The highest BCUT2D eigenvalue weighted by Crippen LogP contribution is 2.19. The Morgan fingerprint density at radius 3 is 1.04 bits per heavy atom. The van der Waals surface area contributed by atoms with Crippen LogP contribution in [0.2, 0.25) is 0 Å². The van der Waals surface area contributed by atoms with E-state index in [0.717, 1.165) is 51.4 Å². The van der Waals surface area contributed by atoms with Crippen molar-refractivity contribution in [2.75, 3.05) is 47.5 Å². The first kappa shape index (κ1) is 75.8. The lowest BCUT2D eigenvalue weighted by Crippen LogP contribution is -2.40. The first-order valence-electron chi connectivity index (χ1n) is 34.0. The number of carboxylic acids is 1. The molecule has 78 heavy (non-hydrogen) atoms. The van der Waals surface area contributed by atoms with E-state index in [2.05, 4.69) is 38.2 Å². The van der Waals surface area contributed by atoms with Crippen molar-refractivity contribution in [1.82, 2.24) is 0 Å². The number of hydrogen-bond acceptors (Lipinski definition) is 7. The van der Waals surface area contributed by atoms with Gasteiger partial charge in [-0.3, -0.25) is 9.59 Å². The molecule has 0 rings (SSSR count). The lowest BCUT2D eigenvalue weighted by atomic mass is 10.0. The van der Waals surface area contributed by atoms with Gasteiger partial charge in [-0.05, 0) is 44.9 Å². The van der Waals surface area contributed by atoms with E-state index in [1.165, 1.54) is 263 Å². The number of rotatable bonds is 64. The Hall–Kier alpha value is -2.23. The lowest BCUT2D eigenvalue weighted by Gasteiger charge is -2.25. The van der Waals surface area contributed by atoms with Crippen molar-refractivity contribution in [1.29, 1.82) is 0 Å². The van der Waals surface area contributed by atoms with E-state index >= 15 is 0 Å². The summed E-state index contributed by atoms with van der Waals surface area (Å²) in [5, 5.41) is 9.72. The molecule has 0 heterocycles. The smallest absolute Gasteiger partial charge is 0.361 e. The minimum absolute atomic E-state index is 0.178. The van der Waals surface area contributed by atoms with Gasteiger partial charge in [0.1, 0.15) is 13.2 Å². The van der Waals surface area contributed by atoms with E-state index in [1.807, 2.05) is 21.1 Å². The predicted molar refractivity (Wildman–Crippen MR) is 332 cm³/mol. The van der Waals surface area contributed by atoms with Gasteiger partial charge < -0.3 is 28.5 Å².